The third-order valence-electron chi connectivity index (χ3n) is 3.86. The Morgan fingerprint density at radius 2 is 1.71 bits per heavy atom. The molecule has 1 amide bonds. The molecule has 2 rings (SSSR count). The minimum Gasteiger partial charge on any atom is -0.452 e. The summed E-state index contributed by atoms with van der Waals surface area (Å²) in [6.07, 6.45) is 1.06. The van der Waals surface area contributed by atoms with Crippen LogP contribution >= 0.6 is 0 Å². The predicted octanol–water partition coefficient (Wildman–Crippen LogP) is 3.58. The fourth-order valence-electron chi connectivity index (χ4n) is 2.16. The van der Waals surface area contributed by atoms with Crippen LogP contribution in [-0.4, -0.2) is 18.5 Å². The normalized spacial score (nSPS) is 11.6. The monoisotopic (exact) mass is 326 g/mol. The topological polar surface area (TPSA) is 81.4 Å². The highest BCUT2D eigenvalue weighted by Gasteiger charge is 2.10. The van der Waals surface area contributed by atoms with E-state index in [9.17, 15) is 9.59 Å². The Morgan fingerprint density at radius 1 is 1.08 bits per heavy atom. The molecule has 5 heteroatoms. The Morgan fingerprint density at radius 3 is 2.29 bits per heavy atom. The van der Waals surface area contributed by atoms with E-state index in [0.29, 0.717) is 22.9 Å². The molecule has 0 radical (unpaired) electrons. The van der Waals surface area contributed by atoms with E-state index in [1.54, 1.807) is 24.3 Å². The number of rotatable bonds is 6. The molecule has 0 unspecified atom stereocenters. The van der Waals surface area contributed by atoms with Crippen LogP contribution in [-0.2, 0) is 9.53 Å². The van der Waals surface area contributed by atoms with Gasteiger partial charge in [-0.2, -0.15) is 0 Å². The minimum atomic E-state index is -0.558. The van der Waals surface area contributed by atoms with E-state index < -0.39 is 5.97 Å². The number of anilines is 2. The Balaban J connectivity index is 1.84. The molecule has 0 fully saturated rings. The molecule has 5 nitrogen and oxygen atoms in total. The summed E-state index contributed by atoms with van der Waals surface area (Å²) in [6.45, 7) is 3.95. The third kappa shape index (κ3) is 4.84. The highest BCUT2D eigenvalue weighted by molar-refractivity contribution is 5.95. The molecule has 2 aromatic rings. The number of carbonyl (C=O) groups is 2. The quantitative estimate of drug-likeness (QED) is 0.628. The van der Waals surface area contributed by atoms with Crippen molar-refractivity contribution < 1.29 is 14.3 Å². The van der Waals surface area contributed by atoms with Gasteiger partial charge in [-0.15, -0.1) is 0 Å². The summed E-state index contributed by atoms with van der Waals surface area (Å²) in [5, 5.41) is 2.71. The van der Waals surface area contributed by atoms with E-state index in [2.05, 4.69) is 19.2 Å². The molecule has 1 atom stereocenters. The maximum atomic E-state index is 11.9. The Bertz CT molecular complexity index is 694. The van der Waals surface area contributed by atoms with Gasteiger partial charge in [0.1, 0.15) is 0 Å². The van der Waals surface area contributed by atoms with Crippen molar-refractivity contribution in [2.24, 2.45) is 0 Å². The molecule has 0 heterocycles. The number of hydrogen-bond acceptors (Lipinski definition) is 4. The van der Waals surface area contributed by atoms with Crippen LogP contribution in [0.15, 0.2) is 48.5 Å². The molecule has 0 saturated carbocycles. The Labute approximate surface area is 141 Å². The average Bonchev–Trinajstić information content (AvgIpc) is 2.60. The zero-order valence-electron chi connectivity index (χ0n) is 13.9. The highest BCUT2D eigenvalue weighted by atomic mass is 16.5. The molecule has 2 aromatic carbocycles. The largest absolute Gasteiger partial charge is 0.452 e. The second-order valence-corrected chi connectivity index (χ2v) is 5.68. The van der Waals surface area contributed by atoms with Gasteiger partial charge in [-0.3, -0.25) is 4.79 Å². The summed E-state index contributed by atoms with van der Waals surface area (Å²) >= 11 is 0. The lowest BCUT2D eigenvalue weighted by Gasteiger charge is -2.10. The molecule has 0 saturated heterocycles. The van der Waals surface area contributed by atoms with Gasteiger partial charge in [0.25, 0.3) is 5.91 Å². The number of ether oxygens (including phenoxy) is 1. The first kappa shape index (κ1) is 17.5. The molecular weight excluding hydrogens is 304 g/mol. The van der Waals surface area contributed by atoms with Crippen molar-refractivity contribution >= 4 is 23.3 Å². The zero-order valence-corrected chi connectivity index (χ0v) is 13.9. The number of carbonyl (C=O) groups excluding carboxylic acids is 2. The average molecular weight is 326 g/mol. The van der Waals surface area contributed by atoms with Crippen LogP contribution in [0.4, 0.5) is 11.4 Å². The van der Waals surface area contributed by atoms with Crippen LogP contribution in [0.5, 0.6) is 0 Å². The molecule has 3 N–H and O–H groups in total. The second kappa shape index (κ2) is 8.15. The van der Waals surface area contributed by atoms with Crippen molar-refractivity contribution in [2.45, 2.75) is 26.2 Å². The van der Waals surface area contributed by atoms with E-state index >= 15 is 0 Å². The SMILES string of the molecule is CC[C@H](C)c1ccc(NC(=O)COC(=O)c2ccc(N)cc2)cc1. The van der Waals surface area contributed by atoms with Gasteiger partial charge in [0.15, 0.2) is 6.61 Å². The van der Waals surface area contributed by atoms with Crippen molar-refractivity contribution in [3.05, 3.63) is 59.7 Å². The van der Waals surface area contributed by atoms with E-state index in [-0.39, 0.29) is 12.5 Å². The Hall–Kier alpha value is -2.82. The smallest absolute Gasteiger partial charge is 0.338 e. The minimum absolute atomic E-state index is 0.337. The standard InChI is InChI=1S/C19H22N2O3/c1-3-13(2)14-6-10-17(11-7-14)21-18(22)12-24-19(23)15-4-8-16(20)9-5-15/h4-11,13H,3,12,20H2,1-2H3,(H,21,22)/t13-/m0/s1. The van der Waals surface area contributed by atoms with Gasteiger partial charge in [-0.05, 0) is 54.3 Å². The van der Waals surface area contributed by atoms with Gasteiger partial charge in [0, 0.05) is 11.4 Å². The molecule has 0 aliphatic rings. The predicted molar refractivity (Wildman–Crippen MR) is 94.9 cm³/mol. The van der Waals surface area contributed by atoms with Crippen molar-refractivity contribution in [1.82, 2.24) is 0 Å². The number of nitrogens with one attached hydrogen (secondary N) is 1. The van der Waals surface area contributed by atoms with Crippen LogP contribution in [0.25, 0.3) is 0 Å². The summed E-state index contributed by atoms with van der Waals surface area (Å²) in [7, 11) is 0. The first-order chi connectivity index (χ1) is 11.5. The van der Waals surface area contributed by atoms with Gasteiger partial charge < -0.3 is 15.8 Å². The number of hydrogen-bond donors (Lipinski definition) is 2. The fourth-order valence-corrected chi connectivity index (χ4v) is 2.16. The molecule has 0 aliphatic heterocycles. The summed E-state index contributed by atoms with van der Waals surface area (Å²) in [5.74, 6) is -0.456. The summed E-state index contributed by atoms with van der Waals surface area (Å²) in [6, 6.07) is 14.0. The molecule has 126 valence electrons. The van der Waals surface area contributed by atoms with Crippen LogP contribution in [0.2, 0.25) is 0 Å². The molecule has 0 bridgehead atoms. The maximum Gasteiger partial charge on any atom is 0.338 e. The van der Waals surface area contributed by atoms with Gasteiger partial charge >= 0.3 is 5.97 Å². The molecule has 24 heavy (non-hydrogen) atoms. The van der Waals surface area contributed by atoms with Crippen molar-refractivity contribution in [3.63, 3.8) is 0 Å². The summed E-state index contributed by atoms with van der Waals surface area (Å²) in [4.78, 5) is 23.7. The number of nitrogen functional groups attached to an aromatic ring is 1. The lowest BCUT2D eigenvalue weighted by Crippen LogP contribution is -2.20. The van der Waals surface area contributed by atoms with Gasteiger partial charge in [0.05, 0.1) is 5.56 Å². The number of esters is 1. The highest BCUT2D eigenvalue weighted by Crippen LogP contribution is 2.20. The number of amides is 1. The Kier molecular flexibility index (Phi) is 5.95. The van der Waals surface area contributed by atoms with Crippen molar-refractivity contribution in [3.8, 4) is 0 Å². The molecule has 0 aliphatic carbocycles. The van der Waals surface area contributed by atoms with Crippen LogP contribution in [0.3, 0.4) is 0 Å². The van der Waals surface area contributed by atoms with Gasteiger partial charge in [0.2, 0.25) is 0 Å². The van der Waals surface area contributed by atoms with Crippen LogP contribution in [0, 0.1) is 0 Å². The number of nitrogens with two attached hydrogens (primary N) is 1. The van der Waals surface area contributed by atoms with E-state index in [4.69, 9.17) is 10.5 Å². The molecular formula is C19H22N2O3. The third-order valence-corrected chi connectivity index (χ3v) is 3.86. The van der Waals surface area contributed by atoms with Gasteiger partial charge in [-0.25, -0.2) is 4.79 Å². The molecule has 0 spiro atoms. The lowest BCUT2D eigenvalue weighted by molar-refractivity contribution is -0.119. The van der Waals surface area contributed by atoms with Gasteiger partial charge in [-0.1, -0.05) is 26.0 Å². The fraction of sp³-hybridized carbons (Fsp3) is 0.263. The first-order valence-corrected chi connectivity index (χ1v) is 7.92. The van der Waals surface area contributed by atoms with E-state index in [1.807, 2.05) is 24.3 Å². The maximum absolute atomic E-state index is 11.9. The zero-order chi connectivity index (χ0) is 17.5. The number of benzene rings is 2. The van der Waals surface area contributed by atoms with Crippen LogP contribution < -0.4 is 11.1 Å². The second-order valence-electron chi connectivity index (χ2n) is 5.68. The van der Waals surface area contributed by atoms with Crippen molar-refractivity contribution in [1.29, 1.82) is 0 Å². The summed E-state index contributed by atoms with van der Waals surface area (Å²) < 4.78 is 4.99. The van der Waals surface area contributed by atoms with Crippen molar-refractivity contribution in [2.75, 3.05) is 17.7 Å². The van der Waals surface area contributed by atoms with Crippen LogP contribution in [0.1, 0.15) is 42.1 Å². The van der Waals surface area contributed by atoms with E-state index in [0.717, 1.165) is 6.42 Å². The summed E-state index contributed by atoms with van der Waals surface area (Å²) in [5.41, 5.74) is 8.38. The molecule has 0 aromatic heterocycles. The van der Waals surface area contributed by atoms with E-state index in [1.165, 1.54) is 5.56 Å². The first-order valence-electron chi connectivity index (χ1n) is 7.92. The lowest BCUT2D eigenvalue weighted by atomic mass is 9.99.